The molecule has 0 aromatic carbocycles. The zero-order valence-electron chi connectivity index (χ0n) is 9.51. The van der Waals surface area contributed by atoms with Crippen molar-refractivity contribution in [3.63, 3.8) is 0 Å². The molecule has 0 amide bonds. The van der Waals surface area contributed by atoms with Crippen molar-refractivity contribution in [3.05, 3.63) is 25.3 Å². The Balaban J connectivity index is 0. The summed E-state index contributed by atoms with van der Waals surface area (Å²) in [6.45, 7) is 10.1. The molecule has 1 N–H and O–H groups in total. The predicted molar refractivity (Wildman–Crippen MR) is 62.1 cm³/mol. The second-order valence-corrected chi connectivity index (χ2v) is 3.25. The maximum atomic E-state index is 3.36. The van der Waals surface area contributed by atoms with Crippen LogP contribution in [-0.2, 0) is 0 Å². The van der Waals surface area contributed by atoms with Gasteiger partial charge in [-0.2, -0.15) is 0 Å². The van der Waals surface area contributed by atoms with Crippen molar-refractivity contribution >= 4 is 0 Å². The van der Waals surface area contributed by atoms with E-state index in [0.29, 0.717) is 6.04 Å². The fourth-order valence-electron chi connectivity index (χ4n) is 0.596. The highest BCUT2D eigenvalue weighted by molar-refractivity contribution is 4.88. The number of nitrogens with zero attached hydrogens (tertiary/aromatic N) is 1. The van der Waals surface area contributed by atoms with Gasteiger partial charge in [0.1, 0.15) is 0 Å². The van der Waals surface area contributed by atoms with Crippen LogP contribution in [-0.4, -0.2) is 38.6 Å². The lowest BCUT2D eigenvalue weighted by Gasteiger charge is -2.13. The van der Waals surface area contributed by atoms with Gasteiger partial charge < -0.3 is 10.2 Å². The Kier molecular flexibility index (Phi) is 13.1. The third-order valence-corrected chi connectivity index (χ3v) is 1.67. The van der Waals surface area contributed by atoms with Crippen molar-refractivity contribution in [2.45, 2.75) is 19.4 Å². The van der Waals surface area contributed by atoms with E-state index in [1.54, 1.807) is 12.2 Å². The van der Waals surface area contributed by atoms with Gasteiger partial charge >= 0.3 is 0 Å². The molecular formula is C11H24N2. The lowest BCUT2D eigenvalue weighted by atomic mass is 10.2. The maximum absolute atomic E-state index is 3.36. The first-order valence-corrected chi connectivity index (χ1v) is 4.63. The zero-order valence-corrected chi connectivity index (χ0v) is 9.51. The van der Waals surface area contributed by atoms with E-state index in [2.05, 4.69) is 44.4 Å². The summed E-state index contributed by atoms with van der Waals surface area (Å²) in [5.74, 6) is 0. The minimum absolute atomic E-state index is 0.646. The van der Waals surface area contributed by atoms with E-state index in [0.717, 1.165) is 0 Å². The van der Waals surface area contributed by atoms with Crippen molar-refractivity contribution in [3.8, 4) is 0 Å². The highest BCUT2D eigenvalue weighted by Gasteiger charge is 1.96. The first-order chi connectivity index (χ1) is 6.08. The van der Waals surface area contributed by atoms with Gasteiger partial charge in [0.05, 0.1) is 0 Å². The molecule has 0 saturated heterocycles. The van der Waals surface area contributed by atoms with Crippen LogP contribution >= 0.6 is 0 Å². The summed E-state index contributed by atoms with van der Waals surface area (Å²) >= 11 is 0. The van der Waals surface area contributed by atoms with Crippen LogP contribution in [0.2, 0.25) is 0 Å². The van der Waals surface area contributed by atoms with Gasteiger partial charge in [0.2, 0.25) is 0 Å². The van der Waals surface area contributed by atoms with Crippen molar-refractivity contribution in [2.75, 3.05) is 27.7 Å². The number of allylic oxidation sites excluding steroid dienone is 2. The molecule has 0 rings (SSSR count). The molecule has 13 heavy (non-hydrogen) atoms. The van der Waals surface area contributed by atoms with Crippen molar-refractivity contribution < 1.29 is 0 Å². The van der Waals surface area contributed by atoms with E-state index in [1.165, 1.54) is 13.0 Å². The lowest BCUT2D eigenvalue weighted by Crippen LogP contribution is -2.26. The Morgan fingerprint density at radius 3 is 2.00 bits per heavy atom. The van der Waals surface area contributed by atoms with Crippen molar-refractivity contribution in [2.24, 2.45) is 0 Å². The largest absolute Gasteiger partial charge is 0.317 e. The third-order valence-electron chi connectivity index (χ3n) is 1.67. The van der Waals surface area contributed by atoms with Crippen molar-refractivity contribution in [1.82, 2.24) is 10.2 Å². The smallest absolute Gasteiger partial charge is 0.00478 e. The average molecular weight is 184 g/mol. The lowest BCUT2D eigenvalue weighted by molar-refractivity contribution is 0.373. The second-order valence-electron chi connectivity index (χ2n) is 3.25. The van der Waals surface area contributed by atoms with Crippen LogP contribution in [0.25, 0.3) is 0 Å². The molecule has 1 atom stereocenters. The third kappa shape index (κ3) is 18.4. The fourth-order valence-corrected chi connectivity index (χ4v) is 0.596. The first-order valence-electron chi connectivity index (χ1n) is 4.63. The first kappa shape index (κ1) is 14.9. The fraction of sp³-hybridized carbons (Fsp3) is 0.636. The van der Waals surface area contributed by atoms with Gasteiger partial charge in [-0.1, -0.05) is 25.3 Å². The highest BCUT2D eigenvalue weighted by Crippen LogP contribution is 1.89. The molecule has 78 valence electrons. The number of hydrogen-bond donors (Lipinski definition) is 1. The van der Waals surface area contributed by atoms with Crippen LogP contribution in [0.15, 0.2) is 25.3 Å². The van der Waals surface area contributed by atoms with E-state index in [-0.39, 0.29) is 0 Å². The van der Waals surface area contributed by atoms with Crippen molar-refractivity contribution in [1.29, 1.82) is 0 Å². The second kappa shape index (κ2) is 11.4. The Hall–Kier alpha value is -0.600. The maximum Gasteiger partial charge on any atom is 0.00478 e. The van der Waals surface area contributed by atoms with E-state index in [1.807, 2.05) is 7.05 Å². The van der Waals surface area contributed by atoms with Gasteiger partial charge in [-0.3, -0.25) is 0 Å². The van der Waals surface area contributed by atoms with Gasteiger partial charge in [0.15, 0.2) is 0 Å². The molecule has 0 aliphatic heterocycles. The number of hydrogen-bond acceptors (Lipinski definition) is 2. The SMILES string of the molecule is C=CC=C.CNC(C)CCN(C)C. The standard InChI is InChI=1S/C7H18N2.C4H6/c1-7(8-2)5-6-9(3)4;1-3-4-2/h7-8H,5-6H2,1-4H3;3-4H,1-2H2. The summed E-state index contributed by atoms with van der Waals surface area (Å²) in [5.41, 5.74) is 0. The number of nitrogens with one attached hydrogen (secondary N) is 1. The number of rotatable bonds is 5. The molecule has 1 unspecified atom stereocenters. The van der Waals surface area contributed by atoms with Crippen LogP contribution in [0.1, 0.15) is 13.3 Å². The van der Waals surface area contributed by atoms with Crippen LogP contribution in [0, 0.1) is 0 Å². The van der Waals surface area contributed by atoms with Gasteiger partial charge in [-0.25, -0.2) is 0 Å². The Bertz CT molecular complexity index is 113. The molecule has 0 aromatic rings. The average Bonchev–Trinajstić information content (AvgIpc) is 2.14. The van der Waals surface area contributed by atoms with E-state index in [4.69, 9.17) is 0 Å². The minimum Gasteiger partial charge on any atom is -0.317 e. The Labute approximate surface area is 83.3 Å². The molecule has 2 nitrogen and oxygen atoms in total. The molecule has 0 spiro atoms. The summed E-state index contributed by atoms with van der Waals surface area (Å²) in [6, 6.07) is 0.646. The van der Waals surface area contributed by atoms with E-state index in [9.17, 15) is 0 Å². The molecule has 0 heterocycles. The Morgan fingerprint density at radius 1 is 1.31 bits per heavy atom. The zero-order chi connectivity index (χ0) is 10.7. The minimum atomic E-state index is 0.646. The molecule has 0 aliphatic rings. The van der Waals surface area contributed by atoms with Gasteiger partial charge in [0.25, 0.3) is 0 Å². The molecule has 0 aromatic heterocycles. The van der Waals surface area contributed by atoms with Gasteiger partial charge in [-0.15, -0.1) is 0 Å². The van der Waals surface area contributed by atoms with Crippen LogP contribution in [0.5, 0.6) is 0 Å². The topological polar surface area (TPSA) is 15.3 Å². The van der Waals surface area contributed by atoms with E-state index < -0.39 is 0 Å². The summed E-state index contributed by atoms with van der Waals surface area (Å²) in [5, 5.41) is 3.19. The molecule has 2 heteroatoms. The monoisotopic (exact) mass is 184 g/mol. The summed E-state index contributed by atoms with van der Waals surface area (Å²) in [4.78, 5) is 2.20. The van der Waals surface area contributed by atoms with Gasteiger partial charge in [0, 0.05) is 6.04 Å². The summed E-state index contributed by atoms with van der Waals surface area (Å²) in [6.07, 6.45) is 4.50. The molecule has 0 saturated carbocycles. The summed E-state index contributed by atoms with van der Waals surface area (Å²) in [7, 11) is 6.20. The quantitative estimate of drug-likeness (QED) is 0.657. The van der Waals surface area contributed by atoms with Crippen LogP contribution in [0.3, 0.4) is 0 Å². The van der Waals surface area contributed by atoms with Gasteiger partial charge in [-0.05, 0) is 41.0 Å². The molecule has 0 bridgehead atoms. The molecular weight excluding hydrogens is 160 g/mol. The normalized spacial score (nSPS) is 11.5. The highest BCUT2D eigenvalue weighted by atomic mass is 15.1. The molecule has 0 fully saturated rings. The van der Waals surface area contributed by atoms with Crippen LogP contribution in [0.4, 0.5) is 0 Å². The summed E-state index contributed by atoms with van der Waals surface area (Å²) < 4.78 is 0. The van der Waals surface area contributed by atoms with E-state index >= 15 is 0 Å². The van der Waals surface area contributed by atoms with Crippen LogP contribution < -0.4 is 5.32 Å². The molecule has 0 aliphatic carbocycles. The Morgan fingerprint density at radius 2 is 1.77 bits per heavy atom. The molecule has 0 radical (unpaired) electrons. The predicted octanol–water partition coefficient (Wildman–Crippen LogP) is 1.90.